The molecule has 0 amide bonds. The van der Waals surface area contributed by atoms with E-state index in [0.29, 0.717) is 11.4 Å². The highest BCUT2D eigenvalue weighted by Crippen LogP contribution is 2.25. The Hall–Kier alpha value is -2.99. The van der Waals surface area contributed by atoms with E-state index in [1.54, 1.807) is 16.8 Å². The summed E-state index contributed by atoms with van der Waals surface area (Å²) < 4.78 is 7.18. The molecule has 0 saturated heterocycles. The summed E-state index contributed by atoms with van der Waals surface area (Å²) in [6.45, 7) is 11.1. The van der Waals surface area contributed by atoms with Crippen molar-refractivity contribution in [2.75, 3.05) is 0 Å². The molecule has 2 heterocycles. The van der Waals surface area contributed by atoms with Gasteiger partial charge in [-0.3, -0.25) is 4.79 Å². The number of hydrogen-bond donors (Lipinski definition) is 0. The van der Waals surface area contributed by atoms with Crippen LogP contribution in [-0.4, -0.2) is 26.5 Å². The maximum atomic E-state index is 12.8. The van der Waals surface area contributed by atoms with Crippen LogP contribution in [0.5, 0.6) is 0 Å². The van der Waals surface area contributed by atoms with Crippen LogP contribution in [-0.2, 0) is 11.3 Å². The van der Waals surface area contributed by atoms with Crippen LogP contribution in [0, 0.1) is 34.6 Å². The smallest absolute Gasteiger partial charge is 0.358 e. The van der Waals surface area contributed by atoms with Crippen LogP contribution in [0.3, 0.4) is 0 Å². The van der Waals surface area contributed by atoms with Gasteiger partial charge in [-0.05, 0) is 82.0 Å². The molecule has 0 radical (unpaired) electrons. The summed E-state index contributed by atoms with van der Waals surface area (Å²) in [6.07, 6.45) is 0. The molecule has 0 fully saturated rings. The molecule has 3 rings (SSSR count). The van der Waals surface area contributed by atoms with Crippen LogP contribution in [0.1, 0.15) is 61.4 Å². The van der Waals surface area contributed by atoms with Gasteiger partial charge in [-0.2, -0.15) is 5.10 Å². The number of pyridine rings is 1. The largest absolute Gasteiger partial charge is 0.456 e. The van der Waals surface area contributed by atoms with Crippen LogP contribution in [0.15, 0.2) is 24.3 Å². The van der Waals surface area contributed by atoms with Crippen molar-refractivity contribution in [3.8, 4) is 5.82 Å². The highest BCUT2D eigenvalue weighted by Gasteiger charge is 2.19. The molecule has 0 bridgehead atoms. The lowest BCUT2D eigenvalue weighted by Crippen LogP contribution is -2.13. The van der Waals surface area contributed by atoms with Gasteiger partial charge in [0.15, 0.2) is 17.3 Å². The first-order valence-electron chi connectivity index (χ1n) is 9.58. The summed E-state index contributed by atoms with van der Waals surface area (Å²) in [6, 6.07) is 7.16. The highest BCUT2D eigenvalue weighted by atomic mass is 35.5. The molecule has 6 nitrogen and oxygen atoms in total. The summed E-state index contributed by atoms with van der Waals surface area (Å²) in [5.41, 5.74) is 5.93. The minimum Gasteiger partial charge on any atom is -0.456 e. The Morgan fingerprint density at radius 2 is 1.77 bits per heavy atom. The first kappa shape index (κ1) is 21.7. The predicted molar refractivity (Wildman–Crippen MR) is 116 cm³/mol. The van der Waals surface area contributed by atoms with E-state index in [1.807, 2.05) is 46.8 Å². The van der Waals surface area contributed by atoms with Crippen LogP contribution in [0.4, 0.5) is 0 Å². The van der Waals surface area contributed by atoms with Gasteiger partial charge in [-0.15, -0.1) is 0 Å². The number of aryl methyl sites for hydroxylation is 4. The molecule has 0 unspecified atom stereocenters. The second-order valence-corrected chi connectivity index (χ2v) is 7.87. The van der Waals surface area contributed by atoms with Gasteiger partial charge in [0.2, 0.25) is 0 Å². The first-order valence-corrected chi connectivity index (χ1v) is 9.95. The average molecular weight is 426 g/mol. The van der Waals surface area contributed by atoms with Gasteiger partial charge < -0.3 is 4.74 Å². The molecule has 0 aliphatic carbocycles. The SMILES string of the molecule is CC(=O)c1c(C)cc(C)c(COC(=O)c2nc(-n3nc(C)cc3C)ccc2Cl)c1C. The van der Waals surface area contributed by atoms with Gasteiger partial charge in [0.05, 0.1) is 10.7 Å². The number of nitrogens with zero attached hydrogens (tertiary/aromatic N) is 3. The lowest BCUT2D eigenvalue weighted by molar-refractivity contribution is 0.0464. The standard InChI is InChI=1S/C23H24ClN3O3/c1-12-9-13(2)21(17(6)28)16(5)18(12)11-30-23(29)22-19(24)7-8-20(25-22)27-15(4)10-14(3)26-27/h7-10H,11H2,1-6H3. The fraction of sp³-hybridized carbons (Fsp3) is 0.304. The molecular formula is C23H24ClN3O3. The molecule has 0 saturated carbocycles. The third-order valence-corrected chi connectivity index (χ3v) is 5.39. The van der Waals surface area contributed by atoms with Crippen LogP contribution in [0.25, 0.3) is 5.82 Å². The van der Waals surface area contributed by atoms with Gasteiger partial charge in [0.1, 0.15) is 6.61 Å². The number of Topliss-reactive ketones (excluding diaryl/α,β-unsaturated/α-hetero) is 1. The van der Waals surface area contributed by atoms with Gasteiger partial charge in [0, 0.05) is 11.3 Å². The lowest BCUT2D eigenvalue weighted by Gasteiger charge is -2.16. The van der Waals surface area contributed by atoms with Gasteiger partial charge in [-0.25, -0.2) is 14.5 Å². The van der Waals surface area contributed by atoms with Crippen molar-refractivity contribution >= 4 is 23.4 Å². The van der Waals surface area contributed by atoms with E-state index in [4.69, 9.17) is 16.3 Å². The van der Waals surface area contributed by atoms with Crippen molar-refractivity contribution in [3.05, 3.63) is 74.2 Å². The average Bonchev–Trinajstić information content (AvgIpc) is 2.99. The summed E-state index contributed by atoms with van der Waals surface area (Å²) in [5, 5.41) is 4.59. The quantitative estimate of drug-likeness (QED) is 0.423. The van der Waals surface area contributed by atoms with Crippen molar-refractivity contribution in [1.29, 1.82) is 0 Å². The number of benzene rings is 1. The zero-order valence-electron chi connectivity index (χ0n) is 18.0. The number of halogens is 1. The Bertz CT molecular complexity index is 1160. The van der Waals surface area contributed by atoms with Gasteiger partial charge >= 0.3 is 5.97 Å². The fourth-order valence-electron chi connectivity index (χ4n) is 3.75. The Labute approximate surface area is 180 Å². The second kappa shape index (κ2) is 8.40. The van der Waals surface area contributed by atoms with E-state index in [2.05, 4.69) is 10.1 Å². The maximum Gasteiger partial charge on any atom is 0.358 e. The molecule has 0 aliphatic rings. The first-order chi connectivity index (χ1) is 14.1. The lowest BCUT2D eigenvalue weighted by atomic mass is 9.92. The van der Waals surface area contributed by atoms with Crippen molar-refractivity contribution in [2.24, 2.45) is 0 Å². The molecule has 30 heavy (non-hydrogen) atoms. The number of hydrogen-bond acceptors (Lipinski definition) is 5. The summed E-state index contributed by atoms with van der Waals surface area (Å²) >= 11 is 6.22. The number of esters is 1. The van der Waals surface area contributed by atoms with Crippen molar-refractivity contribution in [1.82, 2.24) is 14.8 Å². The number of carbonyl (C=O) groups is 2. The number of ether oxygens (including phenoxy) is 1. The Morgan fingerprint density at radius 1 is 1.07 bits per heavy atom. The Kier molecular flexibility index (Phi) is 6.08. The number of rotatable bonds is 5. The maximum absolute atomic E-state index is 12.8. The number of carbonyl (C=O) groups excluding carboxylic acids is 2. The van der Waals surface area contributed by atoms with Gasteiger partial charge in [-0.1, -0.05) is 17.7 Å². The monoisotopic (exact) mass is 425 g/mol. The molecule has 0 atom stereocenters. The van der Waals surface area contributed by atoms with E-state index in [1.165, 1.54) is 6.92 Å². The van der Waals surface area contributed by atoms with Crippen molar-refractivity contribution in [2.45, 2.75) is 48.1 Å². The number of aromatic nitrogens is 3. The summed E-state index contributed by atoms with van der Waals surface area (Å²) in [7, 11) is 0. The number of ketones is 1. The Morgan fingerprint density at radius 3 is 2.37 bits per heavy atom. The Balaban J connectivity index is 1.89. The predicted octanol–water partition coefficient (Wildman–Crippen LogP) is 5.02. The topological polar surface area (TPSA) is 74.1 Å². The molecule has 156 valence electrons. The molecule has 0 spiro atoms. The van der Waals surface area contributed by atoms with Gasteiger partial charge in [0.25, 0.3) is 0 Å². The molecule has 1 aromatic carbocycles. The zero-order valence-corrected chi connectivity index (χ0v) is 18.7. The third-order valence-electron chi connectivity index (χ3n) is 5.08. The summed E-state index contributed by atoms with van der Waals surface area (Å²) in [5.74, 6) is -0.162. The van der Waals surface area contributed by atoms with Crippen molar-refractivity contribution in [3.63, 3.8) is 0 Å². The van der Waals surface area contributed by atoms with E-state index >= 15 is 0 Å². The minimum atomic E-state index is -0.632. The zero-order chi connectivity index (χ0) is 22.2. The van der Waals surface area contributed by atoms with Crippen LogP contribution < -0.4 is 0 Å². The molecule has 0 aliphatic heterocycles. The summed E-state index contributed by atoms with van der Waals surface area (Å²) in [4.78, 5) is 29.1. The normalized spacial score (nSPS) is 10.9. The van der Waals surface area contributed by atoms with E-state index in [9.17, 15) is 9.59 Å². The second-order valence-electron chi connectivity index (χ2n) is 7.46. The highest BCUT2D eigenvalue weighted by molar-refractivity contribution is 6.33. The third kappa shape index (κ3) is 4.14. The molecule has 2 aromatic heterocycles. The van der Waals surface area contributed by atoms with Crippen molar-refractivity contribution < 1.29 is 14.3 Å². The minimum absolute atomic E-state index is 0.0140. The van der Waals surface area contributed by atoms with E-state index in [-0.39, 0.29) is 23.1 Å². The molecule has 7 heteroatoms. The van der Waals surface area contributed by atoms with Crippen LogP contribution in [0.2, 0.25) is 5.02 Å². The molecular weight excluding hydrogens is 402 g/mol. The van der Waals surface area contributed by atoms with E-state index < -0.39 is 5.97 Å². The molecule has 0 N–H and O–H groups in total. The van der Waals surface area contributed by atoms with Crippen LogP contribution >= 0.6 is 11.6 Å². The van der Waals surface area contributed by atoms with E-state index in [0.717, 1.165) is 33.6 Å². The molecule has 3 aromatic rings. The fourth-order valence-corrected chi connectivity index (χ4v) is 3.93.